The molecule has 2 aliphatic rings. The van der Waals surface area contributed by atoms with Crippen molar-refractivity contribution in [2.75, 3.05) is 0 Å². The summed E-state index contributed by atoms with van der Waals surface area (Å²) in [5.74, 6) is 0.0679. The fraction of sp³-hybridized carbons (Fsp3) is 0.611. The third kappa shape index (κ3) is 3.95. The maximum Gasteiger partial charge on any atom is 0.223 e. The maximum atomic E-state index is 12.7. The van der Waals surface area contributed by atoms with Crippen molar-refractivity contribution in [3.8, 4) is 0 Å². The smallest absolute Gasteiger partial charge is 0.223 e. The van der Waals surface area contributed by atoms with Crippen molar-refractivity contribution in [3.63, 3.8) is 0 Å². The minimum atomic E-state index is -0.667. The number of nitrogens with one attached hydrogen (secondary N) is 4. The van der Waals surface area contributed by atoms with Gasteiger partial charge in [-0.15, -0.1) is 0 Å². The fourth-order valence-electron chi connectivity index (χ4n) is 3.77. The molecule has 1 amide bonds. The fourth-order valence-corrected chi connectivity index (χ4v) is 3.77. The Hall–Kier alpha value is -1.47. The second-order valence-electron chi connectivity index (χ2n) is 6.90. The molecule has 1 aliphatic heterocycles. The van der Waals surface area contributed by atoms with Crippen molar-refractivity contribution in [3.05, 3.63) is 35.9 Å². The minimum Gasteiger partial charge on any atom is -0.386 e. The molecule has 6 heteroatoms. The highest BCUT2D eigenvalue weighted by atomic mass is 16.3. The van der Waals surface area contributed by atoms with Crippen molar-refractivity contribution in [2.24, 2.45) is 5.92 Å². The summed E-state index contributed by atoms with van der Waals surface area (Å²) in [6, 6.07) is 10.0. The van der Waals surface area contributed by atoms with Gasteiger partial charge in [0.2, 0.25) is 5.91 Å². The summed E-state index contributed by atoms with van der Waals surface area (Å²) >= 11 is 0. The second kappa shape index (κ2) is 8.07. The molecule has 1 heterocycles. The average molecular weight is 332 g/mol. The molecule has 0 bridgehead atoms. The van der Waals surface area contributed by atoms with E-state index >= 15 is 0 Å². The van der Waals surface area contributed by atoms with Crippen LogP contribution in [0.15, 0.2) is 30.3 Å². The van der Waals surface area contributed by atoms with Gasteiger partial charge in [0.25, 0.3) is 0 Å². The van der Waals surface area contributed by atoms with Crippen LogP contribution in [0.1, 0.15) is 50.7 Å². The first-order chi connectivity index (χ1) is 11.7. The summed E-state index contributed by atoms with van der Waals surface area (Å²) in [6.07, 6.45) is 3.68. The summed E-state index contributed by atoms with van der Waals surface area (Å²) < 4.78 is 0. The van der Waals surface area contributed by atoms with Gasteiger partial charge in [-0.2, -0.15) is 5.53 Å². The topological polar surface area (TPSA) is 85.4 Å². The monoisotopic (exact) mass is 332 g/mol. The molecule has 2 fully saturated rings. The Morgan fingerprint density at radius 1 is 1.25 bits per heavy atom. The third-order valence-corrected chi connectivity index (χ3v) is 5.19. The molecule has 24 heavy (non-hydrogen) atoms. The maximum absolute atomic E-state index is 12.7. The standard InChI is InChI=1S/C18H28N4O2/c1-2-6-15(17(23)12-7-4-3-5-8-12)19-18(24)13-9-10-14-16(11-13)21-22-20-14/h3-5,7-8,13-17,20-23H,2,6,9-11H2,1H3,(H,19,24). The van der Waals surface area contributed by atoms with Gasteiger partial charge >= 0.3 is 0 Å². The van der Waals surface area contributed by atoms with Crippen molar-refractivity contribution in [1.29, 1.82) is 0 Å². The Morgan fingerprint density at radius 3 is 2.75 bits per heavy atom. The van der Waals surface area contributed by atoms with E-state index in [1.165, 1.54) is 0 Å². The van der Waals surface area contributed by atoms with Crippen LogP contribution in [0.4, 0.5) is 0 Å². The summed E-state index contributed by atoms with van der Waals surface area (Å²) in [6.45, 7) is 2.07. The van der Waals surface area contributed by atoms with Gasteiger partial charge in [0.15, 0.2) is 0 Å². The largest absolute Gasteiger partial charge is 0.386 e. The number of benzene rings is 1. The molecule has 5 atom stereocenters. The van der Waals surface area contributed by atoms with E-state index in [2.05, 4.69) is 28.6 Å². The Bertz CT molecular complexity index is 539. The summed E-state index contributed by atoms with van der Waals surface area (Å²) in [5.41, 5.74) is 10.2. The van der Waals surface area contributed by atoms with Gasteiger partial charge < -0.3 is 10.4 Å². The van der Waals surface area contributed by atoms with Gasteiger partial charge in [-0.25, -0.2) is 10.9 Å². The van der Waals surface area contributed by atoms with Gasteiger partial charge in [0.05, 0.1) is 12.1 Å². The van der Waals surface area contributed by atoms with Crippen LogP contribution in [0.5, 0.6) is 0 Å². The number of hydrogen-bond acceptors (Lipinski definition) is 5. The molecule has 0 aromatic heterocycles. The Morgan fingerprint density at radius 2 is 2.00 bits per heavy atom. The van der Waals surface area contributed by atoms with Gasteiger partial charge in [-0.3, -0.25) is 4.79 Å². The molecule has 132 valence electrons. The van der Waals surface area contributed by atoms with Gasteiger partial charge in [0, 0.05) is 18.0 Å². The van der Waals surface area contributed by atoms with Crippen LogP contribution < -0.4 is 21.7 Å². The van der Waals surface area contributed by atoms with Crippen LogP contribution >= 0.6 is 0 Å². The van der Waals surface area contributed by atoms with Crippen molar-refractivity contribution < 1.29 is 9.90 Å². The van der Waals surface area contributed by atoms with E-state index in [1.807, 2.05) is 30.3 Å². The molecule has 1 saturated carbocycles. The minimum absolute atomic E-state index is 0.00257. The van der Waals surface area contributed by atoms with E-state index in [4.69, 9.17) is 0 Å². The van der Waals surface area contributed by atoms with E-state index in [0.29, 0.717) is 6.04 Å². The zero-order valence-corrected chi connectivity index (χ0v) is 14.2. The highest BCUT2D eigenvalue weighted by molar-refractivity contribution is 5.79. The SMILES string of the molecule is CCCC(NC(=O)C1CCC2NNNC2C1)C(O)c1ccccc1. The number of carbonyl (C=O) groups is 1. The molecule has 1 saturated heterocycles. The lowest BCUT2D eigenvalue weighted by atomic mass is 9.82. The first-order valence-corrected chi connectivity index (χ1v) is 8.98. The van der Waals surface area contributed by atoms with E-state index in [9.17, 15) is 9.90 Å². The van der Waals surface area contributed by atoms with Crippen LogP contribution in [-0.4, -0.2) is 29.1 Å². The quantitative estimate of drug-likeness (QED) is 0.540. The predicted molar refractivity (Wildman–Crippen MR) is 92.6 cm³/mol. The number of fused-ring (bicyclic) bond motifs is 1. The predicted octanol–water partition coefficient (Wildman–Crippen LogP) is 1.15. The Labute approximate surface area is 143 Å². The van der Waals surface area contributed by atoms with Crippen molar-refractivity contribution in [1.82, 2.24) is 21.7 Å². The molecular formula is C18H28N4O2. The zero-order valence-electron chi connectivity index (χ0n) is 14.2. The van der Waals surface area contributed by atoms with Crippen molar-refractivity contribution >= 4 is 5.91 Å². The number of aliphatic hydroxyl groups is 1. The van der Waals surface area contributed by atoms with Gasteiger partial charge in [-0.1, -0.05) is 43.7 Å². The lowest BCUT2D eigenvalue weighted by molar-refractivity contribution is -0.128. The summed E-state index contributed by atoms with van der Waals surface area (Å²) in [7, 11) is 0. The van der Waals surface area contributed by atoms with Gasteiger partial charge in [0.1, 0.15) is 0 Å². The van der Waals surface area contributed by atoms with Crippen LogP contribution in [0.3, 0.4) is 0 Å². The normalized spacial score (nSPS) is 28.8. The molecule has 6 nitrogen and oxygen atoms in total. The molecular weight excluding hydrogens is 304 g/mol. The molecule has 3 rings (SSSR count). The average Bonchev–Trinajstić information content (AvgIpc) is 3.09. The van der Waals surface area contributed by atoms with E-state index in [0.717, 1.165) is 37.7 Å². The lowest BCUT2D eigenvalue weighted by Gasteiger charge is -2.32. The third-order valence-electron chi connectivity index (χ3n) is 5.19. The summed E-state index contributed by atoms with van der Waals surface area (Å²) in [5, 5.41) is 13.8. The molecule has 1 aromatic rings. The molecule has 5 N–H and O–H groups in total. The highest BCUT2D eigenvalue weighted by Gasteiger charge is 2.37. The number of carbonyl (C=O) groups excluding carboxylic acids is 1. The molecule has 1 aliphatic carbocycles. The zero-order chi connectivity index (χ0) is 16.9. The molecule has 5 unspecified atom stereocenters. The van der Waals surface area contributed by atoms with Crippen molar-refractivity contribution in [2.45, 2.75) is 63.3 Å². The van der Waals surface area contributed by atoms with E-state index < -0.39 is 6.10 Å². The van der Waals surface area contributed by atoms with E-state index in [-0.39, 0.29) is 23.9 Å². The number of rotatable bonds is 6. The van der Waals surface area contributed by atoms with Crippen LogP contribution in [-0.2, 0) is 4.79 Å². The van der Waals surface area contributed by atoms with Crippen LogP contribution in [0, 0.1) is 5.92 Å². The highest BCUT2D eigenvalue weighted by Crippen LogP contribution is 2.27. The molecule has 1 aromatic carbocycles. The van der Waals surface area contributed by atoms with Crippen LogP contribution in [0.25, 0.3) is 0 Å². The number of aliphatic hydroxyl groups excluding tert-OH is 1. The lowest BCUT2D eigenvalue weighted by Crippen LogP contribution is -2.47. The second-order valence-corrected chi connectivity index (χ2v) is 6.90. The number of amides is 1. The molecule has 0 spiro atoms. The first-order valence-electron chi connectivity index (χ1n) is 8.98. The van der Waals surface area contributed by atoms with Gasteiger partial charge in [-0.05, 0) is 31.2 Å². The number of hydrogen-bond donors (Lipinski definition) is 5. The Kier molecular flexibility index (Phi) is 5.84. The van der Waals surface area contributed by atoms with Crippen LogP contribution in [0.2, 0.25) is 0 Å². The number of hydrazine groups is 2. The molecule has 0 radical (unpaired) electrons. The summed E-state index contributed by atoms with van der Waals surface area (Å²) in [4.78, 5) is 12.7. The Balaban J connectivity index is 1.61. The van der Waals surface area contributed by atoms with E-state index in [1.54, 1.807) is 0 Å². The first kappa shape index (κ1) is 17.4.